The van der Waals surface area contributed by atoms with Gasteiger partial charge in [0.15, 0.2) is 0 Å². The first-order valence-corrected chi connectivity index (χ1v) is 10.8. The topological polar surface area (TPSA) is 109 Å². The molecule has 0 bridgehead atoms. The number of carboxylic acids is 1. The summed E-state index contributed by atoms with van der Waals surface area (Å²) in [6.07, 6.45) is -3.14. The van der Waals surface area contributed by atoms with E-state index in [1.807, 2.05) is 66.3 Å². The second-order valence-corrected chi connectivity index (χ2v) is 8.90. The molecule has 2 heterocycles. The van der Waals surface area contributed by atoms with Crippen molar-refractivity contribution in [3.63, 3.8) is 0 Å². The Bertz CT molecular complexity index is 1190. The molecule has 1 fully saturated rings. The minimum absolute atomic E-state index is 0.127. The van der Waals surface area contributed by atoms with Crippen molar-refractivity contribution in [1.82, 2.24) is 20.3 Å². The predicted molar refractivity (Wildman–Crippen MR) is 124 cm³/mol. The third kappa shape index (κ3) is 6.66. The first-order valence-electron chi connectivity index (χ1n) is 10.8. The Kier molecular flexibility index (Phi) is 7.59. The fraction of sp³-hybridized carbons (Fsp3) is 0.333. The summed E-state index contributed by atoms with van der Waals surface area (Å²) in [6.45, 7) is 8.25. The van der Waals surface area contributed by atoms with E-state index in [1.165, 1.54) is 0 Å². The zero-order chi connectivity index (χ0) is 25.8. The van der Waals surface area contributed by atoms with E-state index in [0.717, 1.165) is 35.6 Å². The molecule has 1 aromatic heterocycles. The summed E-state index contributed by atoms with van der Waals surface area (Å²) in [4.78, 5) is 21.6. The van der Waals surface area contributed by atoms with Crippen molar-refractivity contribution in [3.8, 4) is 11.3 Å². The lowest BCUT2D eigenvalue weighted by atomic mass is 9.77. The van der Waals surface area contributed by atoms with Gasteiger partial charge in [-0.05, 0) is 36.1 Å². The molecule has 186 valence electrons. The molecule has 2 aromatic carbocycles. The lowest BCUT2D eigenvalue weighted by Gasteiger charge is -2.45. The van der Waals surface area contributed by atoms with Crippen LogP contribution in [0.3, 0.4) is 0 Å². The van der Waals surface area contributed by atoms with Gasteiger partial charge in [0.1, 0.15) is 5.69 Å². The molecule has 0 radical (unpaired) electrons. The SMILES string of the molecule is Cc1ccc(-c2cn(CC3NCC3(C)C)nn2)cc1C(=O)Nc1ccccc1.O=C(O)C(F)(F)F. The van der Waals surface area contributed by atoms with E-state index in [1.54, 1.807) is 0 Å². The maximum Gasteiger partial charge on any atom is 0.490 e. The Morgan fingerprint density at radius 2 is 1.86 bits per heavy atom. The molecule has 1 aliphatic rings. The van der Waals surface area contributed by atoms with Crippen LogP contribution in [0.1, 0.15) is 29.8 Å². The van der Waals surface area contributed by atoms with Gasteiger partial charge in [-0.25, -0.2) is 4.79 Å². The number of carbonyl (C=O) groups is 2. The number of alkyl halides is 3. The first-order chi connectivity index (χ1) is 16.4. The fourth-order valence-corrected chi connectivity index (χ4v) is 3.42. The summed E-state index contributed by atoms with van der Waals surface area (Å²) < 4.78 is 33.6. The molecule has 4 rings (SSSR count). The van der Waals surface area contributed by atoms with Crippen molar-refractivity contribution in [2.75, 3.05) is 11.9 Å². The maximum atomic E-state index is 12.7. The zero-order valence-electron chi connectivity index (χ0n) is 19.4. The van der Waals surface area contributed by atoms with E-state index in [2.05, 4.69) is 34.8 Å². The molecule has 1 aliphatic heterocycles. The Hall–Kier alpha value is -3.73. The van der Waals surface area contributed by atoms with Crippen molar-refractivity contribution in [1.29, 1.82) is 0 Å². The Morgan fingerprint density at radius 1 is 1.20 bits per heavy atom. The van der Waals surface area contributed by atoms with E-state index in [-0.39, 0.29) is 11.3 Å². The third-order valence-electron chi connectivity index (χ3n) is 5.71. The molecule has 11 heteroatoms. The highest BCUT2D eigenvalue weighted by Crippen LogP contribution is 2.29. The fourth-order valence-electron chi connectivity index (χ4n) is 3.42. The average Bonchev–Trinajstić information content (AvgIpc) is 3.26. The molecule has 35 heavy (non-hydrogen) atoms. The molecule has 3 N–H and O–H groups in total. The lowest BCUT2D eigenvalue weighted by molar-refractivity contribution is -0.192. The average molecular weight is 489 g/mol. The number of carbonyl (C=O) groups excluding carboxylic acids is 1. The van der Waals surface area contributed by atoms with Crippen molar-refractivity contribution in [3.05, 3.63) is 65.9 Å². The van der Waals surface area contributed by atoms with E-state index >= 15 is 0 Å². The minimum Gasteiger partial charge on any atom is -0.475 e. The number of aromatic nitrogens is 3. The van der Waals surface area contributed by atoms with Crippen LogP contribution in [0.4, 0.5) is 18.9 Å². The smallest absolute Gasteiger partial charge is 0.475 e. The Labute approximate surface area is 200 Å². The van der Waals surface area contributed by atoms with Crippen LogP contribution in [0.15, 0.2) is 54.7 Å². The van der Waals surface area contributed by atoms with Crippen molar-refractivity contribution >= 4 is 17.6 Å². The van der Waals surface area contributed by atoms with Crippen LogP contribution in [0.5, 0.6) is 0 Å². The lowest BCUT2D eigenvalue weighted by Crippen LogP contribution is -2.61. The molecule has 1 atom stereocenters. The summed E-state index contributed by atoms with van der Waals surface area (Å²) in [6, 6.07) is 15.7. The molecule has 0 saturated carbocycles. The van der Waals surface area contributed by atoms with Crippen molar-refractivity contribution in [2.24, 2.45) is 5.41 Å². The molecule has 1 saturated heterocycles. The van der Waals surface area contributed by atoms with Crippen LogP contribution in [-0.4, -0.2) is 50.7 Å². The highest BCUT2D eigenvalue weighted by molar-refractivity contribution is 6.05. The number of amides is 1. The normalized spacial score (nSPS) is 16.5. The Morgan fingerprint density at radius 3 is 2.40 bits per heavy atom. The van der Waals surface area contributed by atoms with Crippen LogP contribution >= 0.6 is 0 Å². The number of carboxylic acid groups (broad SMARTS) is 1. The summed E-state index contributed by atoms with van der Waals surface area (Å²) in [5.41, 5.74) is 4.27. The number of aliphatic carboxylic acids is 1. The van der Waals surface area contributed by atoms with Gasteiger partial charge < -0.3 is 15.7 Å². The molecule has 8 nitrogen and oxygen atoms in total. The number of aryl methyl sites for hydroxylation is 1. The molecular weight excluding hydrogens is 463 g/mol. The molecule has 1 unspecified atom stereocenters. The second-order valence-electron chi connectivity index (χ2n) is 8.90. The summed E-state index contributed by atoms with van der Waals surface area (Å²) in [7, 11) is 0. The number of rotatable bonds is 5. The second kappa shape index (κ2) is 10.3. The molecule has 0 spiro atoms. The number of hydrogen-bond acceptors (Lipinski definition) is 5. The molecule has 0 aliphatic carbocycles. The van der Waals surface area contributed by atoms with Crippen molar-refractivity contribution < 1.29 is 27.9 Å². The predicted octanol–water partition coefficient (Wildman–Crippen LogP) is 4.14. The van der Waals surface area contributed by atoms with Crippen LogP contribution in [0, 0.1) is 12.3 Å². The van der Waals surface area contributed by atoms with Gasteiger partial charge in [-0.1, -0.05) is 49.4 Å². The number of hydrogen-bond donors (Lipinski definition) is 3. The van der Waals surface area contributed by atoms with Gasteiger partial charge in [0.25, 0.3) is 5.91 Å². The highest BCUT2D eigenvalue weighted by Gasteiger charge is 2.39. The minimum atomic E-state index is -5.08. The monoisotopic (exact) mass is 489 g/mol. The molecule has 3 aromatic rings. The molecular formula is C24H26F3N5O3. The number of nitrogens with one attached hydrogen (secondary N) is 2. The Balaban J connectivity index is 0.000000429. The van der Waals surface area contributed by atoms with Crippen LogP contribution in [-0.2, 0) is 11.3 Å². The van der Waals surface area contributed by atoms with Gasteiger partial charge in [0.2, 0.25) is 0 Å². The maximum absolute atomic E-state index is 12.7. The number of anilines is 1. The summed E-state index contributed by atoms with van der Waals surface area (Å²) in [5.74, 6) is -2.88. The van der Waals surface area contributed by atoms with Gasteiger partial charge in [-0.15, -0.1) is 5.10 Å². The van der Waals surface area contributed by atoms with Crippen LogP contribution in [0.25, 0.3) is 11.3 Å². The van der Waals surface area contributed by atoms with Gasteiger partial charge in [0.05, 0.1) is 12.7 Å². The number of halogens is 3. The van der Waals surface area contributed by atoms with E-state index in [4.69, 9.17) is 9.90 Å². The van der Waals surface area contributed by atoms with E-state index < -0.39 is 12.1 Å². The van der Waals surface area contributed by atoms with Gasteiger partial charge in [0, 0.05) is 29.4 Å². The van der Waals surface area contributed by atoms with Gasteiger partial charge in [-0.2, -0.15) is 13.2 Å². The highest BCUT2D eigenvalue weighted by atomic mass is 19.4. The largest absolute Gasteiger partial charge is 0.490 e. The van der Waals surface area contributed by atoms with Gasteiger partial charge in [-0.3, -0.25) is 9.48 Å². The number of benzene rings is 2. The van der Waals surface area contributed by atoms with E-state index in [9.17, 15) is 18.0 Å². The summed E-state index contributed by atoms with van der Waals surface area (Å²) in [5, 5.41) is 22.1. The van der Waals surface area contributed by atoms with Crippen LogP contribution < -0.4 is 10.6 Å². The van der Waals surface area contributed by atoms with E-state index in [0.29, 0.717) is 11.6 Å². The van der Waals surface area contributed by atoms with Crippen LogP contribution in [0.2, 0.25) is 0 Å². The van der Waals surface area contributed by atoms with Gasteiger partial charge >= 0.3 is 12.1 Å². The standard InChI is InChI=1S/C22H25N5O.C2HF3O2/c1-15-9-10-16(11-18(15)21(28)24-17-7-5-4-6-8-17)19-12-27(26-25-19)13-20-22(2,3)14-23-20;3-2(4,5)1(6)7/h4-12,20,23H,13-14H2,1-3H3,(H,24,28);(H,6,7). The first kappa shape index (κ1) is 25.9. The summed E-state index contributed by atoms with van der Waals surface area (Å²) >= 11 is 0. The third-order valence-corrected chi connectivity index (χ3v) is 5.71. The quantitative estimate of drug-likeness (QED) is 0.497. The van der Waals surface area contributed by atoms with Crippen molar-refractivity contribution in [2.45, 2.75) is 39.5 Å². The molecule has 1 amide bonds. The number of para-hydroxylation sites is 1. The number of nitrogens with zero attached hydrogens (tertiary/aromatic N) is 3. The zero-order valence-corrected chi connectivity index (χ0v) is 19.4.